The van der Waals surface area contributed by atoms with Crippen LogP contribution in [-0.2, 0) is 4.79 Å². The van der Waals surface area contributed by atoms with E-state index in [0.29, 0.717) is 37.7 Å². The van der Waals surface area contributed by atoms with Gasteiger partial charge in [0.05, 0.1) is 0 Å². The maximum absolute atomic E-state index is 12.8. The van der Waals surface area contributed by atoms with Gasteiger partial charge < -0.3 is 14.5 Å². The molecular weight excluding hydrogens is 325 g/mol. The number of amides is 1. The average Bonchev–Trinajstić information content (AvgIpc) is 2.67. The van der Waals surface area contributed by atoms with Crippen molar-refractivity contribution in [1.82, 2.24) is 14.9 Å². The zero-order valence-corrected chi connectivity index (χ0v) is 13.4. The predicted octanol–water partition coefficient (Wildman–Crippen LogP) is 1.21. The molecular formula is C17H16FN5O2. The third kappa shape index (κ3) is 4.01. The molecule has 0 saturated carbocycles. The number of benzene rings is 1. The number of hydrogen-bond acceptors (Lipinski definition) is 6. The fourth-order valence-electron chi connectivity index (χ4n) is 2.58. The first-order valence-corrected chi connectivity index (χ1v) is 7.79. The molecule has 8 heteroatoms. The van der Waals surface area contributed by atoms with E-state index in [1.165, 1.54) is 30.5 Å². The van der Waals surface area contributed by atoms with Crippen LogP contribution in [0.3, 0.4) is 0 Å². The highest BCUT2D eigenvalue weighted by atomic mass is 19.1. The number of carbonyl (C=O) groups excluding carboxylic acids is 1. The number of nitriles is 1. The lowest BCUT2D eigenvalue weighted by atomic mass is 10.3. The smallest absolute Gasteiger partial charge is 0.260 e. The van der Waals surface area contributed by atoms with Gasteiger partial charge in [-0.15, -0.1) is 0 Å². The highest BCUT2D eigenvalue weighted by molar-refractivity contribution is 5.78. The second-order valence-electron chi connectivity index (χ2n) is 5.45. The van der Waals surface area contributed by atoms with Gasteiger partial charge in [0.15, 0.2) is 18.1 Å². The monoisotopic (exact) mass is 341 g/mol. The molecule has 1 aromatic heterocycles. The van der Waals surface area contributed by atoms with E-state index in [2.05, 4.69) is 9.97 Å². The van der Waals surface area contributed by atoms with Gasteiger partial charge in [-0.05, 0) is 24.3 Å². The summed E-state index contributed by atoms with van der Waals surface area (Å²) in [4.78, 5) is 24.1. The van der Waals surface area contributed by atoms with E-state index in [1.54, 1.807) is 11.1 Å². The van der Waals surface area contributed by atoms with Gasteiger partial charge in [0.25, 0.3) is 5.91 Å². The predicted molar refractivity (Wildman–Crippen MR) is 87.4 cm³/mol. The Morgan fingerprint density at radius 3 is 2.52 bits per heavy atom. The maximum Gasteiger partial charge on any atom is 0.260 e. The Morgan fingerprint density at radius 1 is 1.16 bits per heavy atom. The summed E-state index contributed by atoms with van der Waals surface area (Å²) < 4.78 is 18.2. The number of rotatable bonds is 4. The summed E-state index contributed by atoms with van der Waals surface area (Å²) in [6.07, 6.45) is 3.03. The normalized spacial score (nSPS) is 14.1. The van der Waals surface area contributed by atoms with Crippen LogP contribution < -0.4 is 9.64 Å². The quantitative estimate of drug-likeness (QED) is 0.831. The molecule has 0 spiro atoms. The first kappa shape index (κ1) is 16.6. The number of ether oxygens (including phenoxy) is 1. The van der Waals surface area contributed by atoms with Gasteiger partial charge >= 0.3 is 0 Å². The minimum absolute atomic E-state index is 0.0970. The summed E-state index contributed by atoms with van der Waals surface area (Å²) in [7, 11) is 0. The van der Waals surface area contributed by atoms with E-state index < -0.39 is 0 Å². The zero-order chi connectivity index (χ0) is 17.6. The van der Waals surface area contributed by atoms with Crippen molar-refractivity contribution in [2.75, 3.05) is 37.7 Å². The molecule has 1 aliphatic heterocycles. The average molecular weight is 341 g/mol. The first-order chi connectivity index (χ1) is 12.2. The van der Waals surface area contributed by atoms with E-state index in [-0.39, 0.29) is 24.0 Å². The molecule has 0 N–H and O–H groups in total. The van der Waals surface area contributed by atoms with Crippen molar-refractivity contribution >= 4 is 11.7 Å². The maximum atomic E-state index is 12.8. The molecule has 1 fully saturated rings. The molecule has 0 aliphatic carbocycles. The van der Waals surface area contributed by atoms with Crippen LogP contribution in [0.1, 0.15) is 5.69 Å². The number of piperazine rings is 1. The number of hydrogen-bond donors (Lipinski definition) is 0. The highest BCUT2D eigenvalue weighted by Gasteiger charge is 2.24. The highest BCUT2D eigenvalue weighted by Crippen LogP contribution is 2.16. The summed E-state index contributed by atoms with van der Waals surface area (Å²) in [5, 5.41) is 9.10. The van der Waals surface area contributed by atoms with Gasteiger partial charge in [-0.25, -0.2) is 14.4 Å². The van der Waals surface area contributed by atoms with Crippen LogP contribution in [-0.4, -0.2) is 53.6 Å². The lowest BCUT2D eigenvalue weighted by Crippen LogP contribution is -2.50. The van der Waals surface area contributed by atoms with Crippen molar-refractivity contribution in [3.8, 4) is 11.8 Å². The standard InChI is InChI=1S/C17H16FN5O2/c18-13-1-3-14(4-2-13)25-12-16(24)22-7-9-23(10-8-22)17-15(11-19)20-5-6-21-17/h1-6H,7-10,12H2. The van der Waals surface area contributed by atoms with Crippen molar-refractivity contribution in [2.45, 2.75) is 0 Å². The van der Waals surface area contributed by atoms with Gasteiger partial charge in [0.1, 0.15) is 17.6 Å². The van der Waals surface area contributed by atoms with E-state index >= 15 is 0 Å². The van der Waals surface area contributed by atoms with Crippen molar-refractivity contribution in [3.05, 3.63) is 48.2 Å². The largest absolute Gasteiger partial charge is 0.484 e. The molecule has 2 heterocycles. The van der Waals surface area contributed by atoms with Crippen molar-refractivity contribution in [1.29, 1.82) is 5.26 Å². The molecule has 1 saturated heterocycles. The molecule has 0 atom stereocenters. The topological polar surface area (TPSA) is 82.4 Å². The van der Waals surface area contributed by atoms with Crippen LogP contribution >= 0.6 is 0 Å². The Morgan fingerprint density at radius 2 is 1.84 bits per heavy atom. The van der Waals surface area contributed by atoms with E-state index in [4.69, 9.17) is 10.00 Å². The fraction of sp³-hybridized carbons (Fsp3) is 0.294. The molecule has 7 nitrogen and oxygen atoms in total. The van der Waals surface area contributed by atoms with Crippen LogP contribution in [0.2, 0.25) is 0 Å². The van der Waals surface area contributed by atoms with Crippen LogP contribution in [0.4, 0.5) is 10.2 Å². The lowest BCUT2D eigenvalue weighted by Gasteiger charge is -2.35. The second kappa shape index (κ2) is 7.57. The van der Waals surface area contributed by atoms with Gasteiger partial charge in [0, 0.05) is 38.6 Å². The summed E-state index contributed by atoms with van der Waals surface area (Å²) in [5.41, 5.74) is 0.280. The summed E-state index contributed by atoms with van der Waals surface area (Å²) in [6.45, 7) is 2.05. The van der Waals surface area contributed by atoms with Gasteiger partial charge in [-0.3, -0.25) is 4.79 Å². The molecule has 25 heavy (non-hydrogen) atoms. The molecule has 128 valence electrons. The fourth-order valence-corrected chi connectivity index (χ4v) is 2.58. The molecule has 1 amide bonds. The SMILES string of the molecule is N#Cc1nccnc1N1CCN(C(=O)COc2ccc(F)cc2)CC1. The van der Waals surface area contributed by atoms with Crippen molar-refractivity contribution in [3.63, 3.8) is 0 Å². The molecule has 1 aliphatic rings. The third-order valence-electron chi connectivity index (χ3n) is 3.89. The minimum atomic E-state index is -0.351. The third-order valence-corrected chi connectivity index (χ3v) is 3.89. The van der Waals surface area contributed by atoms with Crippen LogP contribution in [0, 0.1) is 17.1 Å². The van der Waals surface area contributed by atoms with Crippen molar-refractivity contribution < 1.29 is 13.9 Å². The van der Waals surface area contributed by atoms with Crippen LogP contribution in [0.5, 0.6) is 5.75 Å². The molecule has 0 unspecified atom stereocenters. The van der Waals surface area contributed by atoms with Crippen molar-refractivity contribution in [2.24, 2.45) is 0 Å². The molecule has 2 aromatic rings. The Kier molecular flexibility index (Phi) is 5.04. The Labute approximate surface area is 144 Å². The summed E-state index contributed by atoms with van der Waals surface area (Å²) in [5.74, 6) is 0.505. The van der Waals surface area contributed by atoms with E-state index in [1.807, 2.05) is 11.0 Å². The number of anilines is 1. The Bertz CT molecular complexity index is 782. The summed E-state index contributed by atoms with van der Waals surface area (Å²) in [6, 6.07) is 7.56. The zero-order valence-electron chi connectivity index (χ0n) is 13.4. The number of carbonyl (C=O) groups is 1. The van der Waals surface area contributed by atoms with Gasteiger partial charge in [0.2, 0.25) is 0 Å². The lowest BCUT2D eigenvalue weighted by molar-refractivity contribution is -0.133. The molecule has 1 aromatic carbocycles. The second-order valence-corrected chi connectivity index (χ2v) is 5.45. The number of aromatic nitrogens is 2. The van der Waals surface area contributed by atoms with E-state index in [9.17, 15) is 9.18 Å². The molecule has 0 bridgehead atoms. The molecule has 3 rings (SSSR count). The summed E-state index contributed by atoms with van der Waals surface area (Å²) >= 11 is 0. The van der Waals surface area contributed by atoms with E-state index in [0.717, 1.165) is 0 Å². The molecule has 0 radical (unpaired) electrons. The van der Waals surface area contributed by atoms with Gasteiger partial charge in [-0.2, -0.15) is 5.26 Å². The first-order valence-electron chi connectivity index (χ1n) is 7.79. The minimum Gasteiger partial charge on any atom is -0.484 e. The number of nitrogens with zero attached hydrogens (tertiary/aromatic N) is 5. The Balaban J connectivity index is 1.52. The Hall–Kier alpha value is -3.21. The number of halogens is 1. The van der Waals surface area contributed by atoms with Crippen LogP contribution in [0.25, 0.3) is 0 Å². The van der Waals surface area contributed by atoms with Gasteiger partial charge in [-0.1, -0.05) is 0 Å². The van der Waals surface area contributed by atoms with Crippen LogP contribution in [0.15, 0.2) is 36.7 Å².